The molecule has 0 aromatic heterocycles. The molecule has 1 aliphatic rings. The standard InChI is InChI=1S/C13H17ClN2O3/c14-10-2-1-9(7-11(10)15)12(18)16-13(8-17)3-5-19-6-4-13/h1-2,7,17H,3-6,8,15H2,(H,16,18). The van der Waals surface area contributed by atoms with E-state index in [9.17, 15) is 9.90 Å². The van der Waals surface area contributed by atoms with Crippen molar-refractivity contribution in [3.05, 3.63) is 28.8 Å². The molecule has 0 atom stereocenters. The fourth-order valence-electron chi connectivity index (χ4n) is 2.08. The van der Waals surface area contributed by atoms with Gasteiger partial charge in [-0.25, -0.2) is 0 Å². The number of hydrogen-bond donors (Lipinski definition) is 3. The second kappa shape index (κ2) is 5.77. The molecule has 1 fully saturated rings. The Kier molecular flexibility index (Phi) is 4.29. The fourth-order valence-corrected chi connectivity index (χ4v) is 2.20. The van der Waals surface area contributed by atoms with E-state index in [1.54, 1.807) is 12.1 Å². The minimum atomic E-state index is -0.607. The van der Waals surface area contributed by atoms with Gasteiger partial charge in [-0.3, -0.25) is 4.79 Å². The van der Waals surface area contributed by atoms with E-state index in [1.807, 2.05) is 0 Å². The molecule has 0 aliphatic carbocycles. The first-order chi connectivity index (χ1) is 9.06. The summed E-state index contributed by atoms with van der Waals surface area (Å²) in [6.45, 7) is 0.957. The predicted molar refractivity (Wildman–Crippen MR) is 73.2 cm³/mol. The van der Waals surface area contributed by atoms with Gasteiger partial charge in [0.25, 0.3) is 5.91 Å². The number of anilines is 1. The number of ether oxygens (including phenoxy) is 1. The van der Waals surface area contributed by atoms with Crippen LogP contribution in [0.25, 0.3) is 0 Å². The minimum Gasteiger partial charge on any atom is -0.398 e. The highest BCUT2D eigenvalue weighted by molar-refractivity contribution is 6.33. The first-order valence-corrected chi connectivity index (χ1v) is 6.50. The number of carbonyl (C=O) groups is 1. The third-order valence-electron chi connectivity index (χ3n) is 3.39. The lowest BCUT2D eigenvalue weighted by Crippen LogP contribution is -2.54. The molecule has 19 heavy (non-hydrogen) atoms. The Morgan fingerprint density at radius 2 is 2.16 bits per heavy atom. The Balaban J connectivity index is 2.12. The van der Waals surface area contributed by atoms with Crippen LogP contribution in [-0.2, 0) is 4.74 Å². The molecular weight excluding hydrogens is 268 g/mol. The number of hydrogen-bond acceptors (Lipinski definition) is 4. The highest BCUT2D eigenvalue weighted by Crippen LogP contribution is 2.23. The summed E-state index contributed by atoms with van der Waals surface area (Å²) in [6.07, 6.45) is 1.19. The molecule has 1 aliphatic heterocycles. The van der Waals surface area contributed by atoms with Crippen molar-refractivity contribution in [1.82, 2.24) is 5.32 Å². The van der Waals surface area contributed by atoms with Gasteiger partial charge in [0.15, 0.2) is 0 Å². The number of benzene rings is 1. The first kappa shape index (κ1) is 14.1. The molecule has 0 unspecified atom stereocenters. The highest BCUT2D eigenvalue weighted by atomic mass is 35.5. The van der Waals surface area contributed by atoms with E-state index in [0.717, 1.165) is 0 Å². The lowest BCUT2D eigenvalue weighted by atomic mass is 9.90. The molecule has 1 aromatic carbocycles. The van der Waals surface area contributed by atoms with Crippen LogP contribution < -0.4 is 11.1 Å². The number of nitrogens with two attached hydrogens (primary N) is 1. The predicted octanol–water partition coefficient (Wildman–Crippen LogP) is 1.19. The molecule has 1 amide bonds. The number of rotatable bonds is 3. The summed E-state index contributed by atoms with van der Waals surface area (Å²) in [4.78, 5) is 12.2. The van der Waals surface area contributed by atoms with Crippen LogP contribution in [0.5, 0.6) is 0 Å². The van der Waals surface area contributed by atoms with Crippen molar-refractivity contribution < 1.29 is 14.6 Å². The summed E-state index contributed by atoms with van der Waals surface area (Å²) in [6, 6.07) is 4.72. The van der Waals surface area contributed by atoms with Gasteiger partial charge < -0.3 is 20.9 Å². The largest absolute Gasteiger partial charge is 0.398 e. The zero-order chi connectivity index (χ0) is 13.9. The lowest BCUT2D eigenvalue weighted by molar-refractivity contribution is 0.0125. The molecule has 4 N–H and O–H groups in total. The summed E-state index contributed by atoms with van der Waals surface area (Å²) >= 11 is 5.82. The maximum absolute atomic E-state index is 12.2. The van der Waals surface area contributed by atoms with Gasteiger partial charge in [0, 0.05) is 18.8 Å². The summed E-state index contributed by atoms with van der Waals surface area (Å²) in [7, 11) is 0. The van der Waals surface area contributed by atoms with Crippen molar-refractivity contribution in [3.63, 3.8) is 0 Å². The number of carbonyl (C=O) groups excluding carboxylic acids is 1. The number of aliphatic hydroxyl groups excluding tert-OH is 1. The first-order valence-electron chi connectivity index (χ1n) is 6.12. The second-order valence-corrected chi connectivity index (χ2v) is 5.15. The smallest absolute Gasteiger partial charge is 0.251 e. The molecule has 6 heteroatoms. The van der Waals surface area contributed by atoms with Crippen LogP contribution in [-0.4, -0.2) is 36.4 Å². The summed E-state index contributed by atoms with van der Waals surface area (Å²) in [5, 5.41) is 12.8. The Hall–Kier alpha value is -1.30. The van der Waals surface area contributed by atoms with Crippen LogP contribution in [0.4, 0.5) is 5.69 Å². The number of nitrogens with one attached hydrogen (secondary N) is 1. The van der Waals surface area contributed by atoms with Crippen molar-refractivity contribution in [2.75, 3.05) is 25.6 Å². The molecule has 1 heterocycles. The number of amides is 1. The van der Waals surface area contributed by atoms with Gasteiger partial charge in [-0.05, 0) is 31.0 Å². The topological polar surface area (TPSA) is 84.6 Å². The monoisotopic (exact) mass is 284 g/mol. The van der Waals surface area contributed by atoms with Gasteiger partial charge in [-0.15, -0.1) is 0 Å². The molecule has 1 aromatic rings. The van der Waals surface area contributed by atoms with Gasteiger partial charge in [-0.2, -0.15) is 0 Å². The average Bonchev–Trinajstić information content (AvgIpc) is 2.43. The van der Waals surface area contributed by atoms with Crippen LogP contribution in [0.15, 0.2) is 18.2 Å². The van der Waals surface area contributed by atoms with E-state index in [0.29, 0.717) is 42.3 Å². The third kappa shape index (κ3) is 3.18. The molecule has 104 valence electrons. The molecular formula is C13H17ClN2O3. The quantitative estimate of drug-likeness (QED) is 0.728. The maximum Gasteiger partial charge on any atom is 0.251 e. The van der Waals surface area contributed by atoms with Crippen molar-refractivity contribution in [2.24, 2.45) is 0 Å². The fraction of sp³-hybridized carbons (Fsp3) is 0.462. The van der Waals surface area contributed by atoms with E-state index in [2.05, 4.69) is 5.32 Å². The van der Waals surface area contributed by atoms with Crippen LogP contribution >= 0.6 is 11.6 Å². The molecule has 1 saturated heterocycles. The van der Waals surface area contributed by atoms with Gasteiger partial charge in [0.1, 0.15) is 0 Å². The molecule has 0 spiro atoms. The lowest BCUT2D eigenvalue weighted by Gasteiger charge is -2.36. The Morgan fingerprint density at radius 1 is 1.47 bits per heavy atom. The van der Waals surface area contributed by atoms with Crippen LogP contribution in [0, 0.1) is 0 Å². The van der Waals surface area contributed by atoms with Crippen molar-refractivity contribution in [3.8, 4) is 0 Å². The number of halogens is 1. The summed E-state index contributed by atoms with van der Waals surface area (Å²) < 4.78 is 5.25. The summed E-state index contributed by atoms with van der Waals surface area (Å²) in [5.41, 5.74) is 5.86. The number of nitrogen functional groups attached to an aromatic ring is 1. The van der Waals surface area contributed by atoms with E-state index in [1.165, 1.54) is 6.07 Å². The molecule has 5 nitrogen and oxygen atoms in total. The SMILES string of the molecule is Nc1cc(C(=O)NC2(CO)CCOCC2)ccc1Cl. The zero-order valence-electron chi connectivity index (χ0n) is 10.5. The minimum absolute atomic E-state index is 0.106. The highest BCUT2D eigenvalue weighted by Gasteiger charge is 2.33. The van der Waals surface area contributed by atoms with E-state index in [4.69, 9.17) is 22.1 Å². The maximum atomic E-state index is 12.2. The van der Waals surface area contributed by atoms with Crippen LogP contribution in [0.1, 0.15) is 23.2 Å². The molecule has 0 radical (unpaired) electrons. The average molecular weight is 285 g/mol. The van der Waals surface area contributed by atoms with Gasteiger partial charge >= 0.3 is 0 Å². The Labute approximate surface area is 116 Å². The summed E-state index contributed by atoms with van der Waals surface area (Å²) in [5.74, 6) is -0.265. The van der Waals surface area contributed by atoms with E-state index in [-0.39, 0.29) is 12.5 Å². The van der Waals surface area contributed by atoms with Gasteiger partial charge in [0.05, 0.1) is 22.9 Å². The van der Waals surface area contributed by atoms with Gasteiger partial charge in [-0.1, -0.05) is 11.6 Å². The zero-order valence-corrected chi connectivity index (χ0v) is 11.2. The second-order valence-electron chi connectivity index (χ2n) is 4.74. The van der Waals surface area contributed by atoms with Crippen LogP contribution in [0.2, 0.25) is 5.02 Å². The van der Waals surface area contributed by atoms with Crippen molar-refractivity contribution in [2.45, 2.75) is 18.4 Å². The molecule has 2 rings (SSSR count). The van der Waals surface area contributed by atoms with Crippen molar-refractivity contribution >= 4 is 23.2 Å². The molecule has 0 saturated carbocycles. The van der Waals surface area contributed by atoms with Crippen LogP contribution in [0.3, 0.4) is 0 Å². The van der Waals surface area contributed by atoms with E-state index >= 15 is 0 Å². The number of aliphatic hydroxyl groups is 1. The normalized spacial score (nSPS) is 18.0. The Morgan fingerprint density at radius 3 is 2.74 bits per heavy atom. The van der Waals surface area contributed by atoms with Gasteiger partial charge in [0.2, 0.25) is 0 Å². The van der Waals surface area contributed by atoms with E-state index < -0.39 is 5.54 Å². The van der Waals surface area contributed by atoms with Crippen molar-refractivity contribution in [1.29, 1.82) is 0 Å². The third-order valence-corrected chi connectivity index (χ3v) is 3.73. The Bertz CT molecular complexity index is 473. The molecule has 0 bridgehead atoms.